The lowest BCUT2D eigenvalue weighted by Crippen LogP contribution is -2.37. The van der Waals surface area contributed by atoms with E-state index in [1.165, 1.54) is 19.3 Å². The number of hydrogen-bond acceptors (Lipinski definition) is 4. The average Bonchev–Trinajstić information content (AvgIpc) is 2.98. The molecule has 1 aliphatic rings. The van der Waals surface area contributed by atoms with Crippen molar-refractivity contribution in [3.63, 3.8) is 0 Å². The standard InChI is InChI=1S/C22H32N6O/c1-3-16-29-19-11-7-6-10-18(19)17-25-22(23-2)24-14-9-13-21-27-26-20-12-5-4-8-15-28(20)21/h3,6-7,10-11H,1,4-5,8-9,12-17H2,2H3,(H2,23,24,25). The van der Waals surface area contributed by atoms with Gasteiger partial charge in [-0.05, 0) is 25.3 Å². The van der Waals surface area contributed by atoms with Crippen LogP contribution in [-0.2, 0) is 25.9 Å². The zero-order chi connectivity index (χ0) is 20.3. The highest BCUT2D eigenvalue weighted by Gasteiger charge is 2.14. The lowest BCUT2D eigenvalue weighted by molar-refractivity contribution is 0.358. The summed E-state index contributed by atoms with van der Waals surface area (Å²) >= 11 is 0. The zero-order valence-electron chi connectivity index (χ0n) is 17.4. The summed E-state index contributed by atoms with van der Waals surface area (Å²) in [6.45, 7) is 6.73. The van der Waals surface area contributed by atoms with Crippen molar-refractivity contribution in [1.29, 1.82) is 0 Å². The maximum absolute atomic E-state index is 5.71. The number of para-hydroxylation sites is 1. The fraction of sp³-hybridized carbons (Fsp3) is 0.500. The Morgan fingerprint density at radius 1 is 1.24 bits per heavy atom. The Hall–Kier alpha value is -2.83. The SMILES string of the molecule is C=CCOc1ccccc1CNC(=NC)NCCCc1nnc2n1CCCCC2. The molecule has 29 heavy (non-hydrogen) atoms. The lowest BCUT2D eigenvalue weighted by Gasteiger charge is -2.14. The predicted octanol–water partition coefficient (Wildman–Crippen LogP) is 2.87. The molecular formula is C22H32N6O. The fourth-order valence-corrected chi connectivity index (χ4v) is 3.52. The summed E-state index contributed by atoms with van der Waals surface area (Å²) in [5.74, 6) is 3.91. The van der Waals surface area contributed by atoms with Gasteiger partial charge in [-0.25, -0.2) is 0 Å². The van der Waals surface area contributed by atoms with Crippen molar-refractivity contribution >= 4 is 5.96 Å². The minimum absolute atomic E-state index is 0.496. The second-order valence-electron chi connectivity index (χ2n) is 7.16. The molecule has 0 saturated carbocycles. The zero-order valence-corrected chi connectivity index (χ0v) is 17.4. The van der Waals surface area contributed by atoms with Crippen LogP contribution in [0, 0.1) is 0 Å². The van der Waals surface area contributed by atoms with E-state index in [0.29, 0.717) is 13.2 Å². The van der Waals surface area contributed by atoms with E-state index in [1.54, 1.807) is 13.1 Å². The van der Waals surface area contributed by atoms with Gasteiger partial charge in [-0.3, -0.25) is 4.99 Å². The first-order valence-electron chi connectivity index (χ1n) is 10.5. The highest BCUT2D eigenvalue weighted by Crippen LogP contribution is 2.17. The third-order valence-electron chi connectivity index (χ3n) is 5.05. The number of benzene rings is 1. The Morgan fingerprint density at radius 2 is 2.14 bits per heavy atom. The largest absolute Gasteiger partial charge is 0.489 e. The van der Waals surface area contributed by atoms with E-state index in [2.05, 4.69) is 43.0 Å². The van der Waals surface area contributed by atoms with Crippen molar-refractivity contribution in [3.05, 3.63) is 54.1 Å². The monoisotopic (exact) mass is 396 g/mol. The first kappa shape index (κ1) is 20.9. The minimum Gasteiger partial charge on any atom is -0.489 e. The van der Waals surface area contributed by atoms with Gasteiger partial charge < -0.3 is 19.9 Å². The third-order valence-corrected chi connectivity index (χ3v) is 5.05. The van der Waals surface area contributed by atoms with Gasteiger partial charge in [-0.2, -0.15) is 0 Å². The smallest absolute Gasteiger partial charge is 0.191 e. The van der Waals surface area contributed by atoms with Crippen LogP contribution in [0.5, 0.6) is 5.75 Å². The molecule has 1 aliphatic heterocycles. The summed E-state index contributed by atoms with van der Waals surface area (Å²) < 4.78 is 8.03. The number of aliphatic imine (C=N–C) groups is 1. The van der Waals surface area contributed by atoms with Crippen LogP contribution in [0.25, 0.3) is 0 Å². The molecule has 156 valence electrons. The molecule has 0 bridgehead atoms. The second-order valence-corrected chi connectivity index (χ2v) is 7.16. The van der Waals surface area contributed by atoms with Crippen molar-refractivity contribution in [3.8, 4) is 5.75 Å². The predicted molar refractivity (Wildman–Crippen MR) is 116 cm³/mol. The minimum atomic E-state index is 0.496. The van der Waals surface area contributed by atoms with Crippen LogP contribution in [-0.4, -0.2) is 40.9 Å². The highest BCUT2D eigenvalue weighted by atomic mass is 16.5. The molecule has 2 aromatic rings. The molecule has 0 atom stereocenters. The van der Waals surface area contributed by atoms with E-state index in [-0.39, 0.29) is 0 Å². The topological polar surface area (TPSA) is 76.4 Å². The molecule has 7 nitrogen and oxygen atoms in total. The number of nitrogens with zero attached hydrogens (tertiary/aromatic N) is 4. The van der Waals surface area contributed by atoms with E-state index in [0.717, 1.165) is 61.3 Å². The van der Waals surface area contributed by atoms with Crippen LogP contribution < -0.4 is 15.4 Å². The molecule has 0 radical (unpaired) electrons. The Balaban J connectivity index is 1.43. The molecule has 0 aliphatic carbocycles. The summed E-state index contributed by atoms with van der Waals surface area (Å²) in [5.41, 5.74) is 1.09. The van der Waals surface area contributed by atoms with Crippen molar-refractivity contribution in [2.45, 2.75) is 51.6 Å². The quantitative estimate of drug-likeness (QED) is 0.295. The molecule has 3 rings (SSSR count). The molecule has 0 unspecified atom stereocenters. The van der Waals surface area contributed by atoms with E-state index in [9.17, 15) is 0 Å². The number of aromatic nitrogens is 3. The number of rotatable bonds is 9. The van der Waals surface area contributed by atoms with Crippen LogP contribution in [0.3, 0.4) is 0 Å². The van der Waals surface area contributed by atoms with Gasteiger partial charge in [-0.15, -0.1) is 10.2 Å². The summed E-state index contributed by atoms with van der Waals surface area (Å²) in [4.78, 5) is 4.32. The van der Waals surface area contributed by atoms with Gasteiger partial charge >= 0.3 is 0 Å². The normalized spacial score (nSPS) is 14.0. The van der Waals surface area contributed by atoms with Gasteiger partial charge in [0.15, 0.2) is 5.96 Å². The number of guanidine groups is 1. The van der Waals surface area contributed by atoms with Crippen molar-refractivity contribution in [1.82, 2.24) is 25.4 Å². The van der Waals surface area contributed by atoms with Crippen molar-refractivity contribution in [2.75, 3.05) is 20.2 Å². The Labute approximate surface area is 173 Å². The van der Waals surface area contributed by atoms with Gasteiger partial charge in [0.25, 0.3) is 0 Å². The van der Waals surface area contributed by atoms with Gasteiger partial charge in [0, 0.05) is 45.1 Å². The number of hydrogen-bond donors (Lipinski definition) is 2. The number of fused-ring (bicyclic) bond motifs is 1. The first-order valence-corrected chi connectivity index (χ1v) is 10.5. The molecule has 2 heterocycles. The lowest BCUT2D eigenvalue weighted by atomic mass is 10.2. The number of aryl methyl sites for hydroxylation is 2. The molecule has 1 aromatic carbocycles. The molecule has 0 fully saturated rings. The summed E-state index contributed by atoms with van der Waals surface area (Å²) in [6, 6.07) is 8.00. The van der Waals surface area contributed by atoms with Gasteiger partial charge in [0.2, 0.25) is 0 Å². The second kappa shape index (κ2) is 11.2. The van der Waals surface area contributed by atoms with Crippen molar-refractivity contribution in [2.24, 2.45) is 4.99 Å². The van der Waals surface area contributed by atoms with Gasteiger partial charge in [0.1, 0.15) is 24.0 Å². The van der Waals surface area contributed by atoms with Crippen LogP contribution in [0.15, 0.2) is 41.9 Å². The fourth-order valence-electron chi connectivity index (χ4n) is 3.52. The molecule has 0 spiro atoms. The molecule has 7 heteroatoms. The molecular weight excluding hydrogens is 364 g/mol. The molecule has 0 amide bonds. The Morgan fingerprint density at radius 3 is 3.00 bits per heavy atom. The average molecular weight is 397 g/mol. The highest BCUT2D eigenvalue weighted by molar-refractivity contribution is 5.79. The van der Waals surface area contributed by atoms with E-state index >= 15 is 0 Å². The molecule has 1 aromatic heterocycles. The first-order chi connectivity index (χ1) is 14.3. The Kier molecular flexibility index (Phi) is 8.10. The van der Waals surface area contributed by atoms with E-state index in [1.807, 2.05) is 18.2 Å². The maximum Gasteiger partial charge on any atom is 0.191 e. The molecule has 2 N–H and O–H groups in total. The van der Waals surface area contributed by atoms with Crippen LogP contribution >= 0.6 is 0 Å². The van der Waals surface area contributed by atoms with Gasteiger partial charge in [0.05, 0.1) is 0 Å². The van der Waals surface area contributed by atoms with Crippen LogP contribution in [0.4, 0.5) is 0 Å². The van der Waals surface area contributed by atoms with Gasteiger partial charge in [-0.1, -0.05) is 37.3 Å². The summed E-state index contributed by atoms with van der Waals surface area (Å²) in [6.07, 6.45) is 8.45. The summed E-state index contributed by atoms with van der Waals surface area (Å²) in [7, 11) is 1.79. The number of ether oxygens (including phenoxy) is 1. The van der Waals surface area contributed by atoms with Crippen LogP contribution in [0.1, 0.15) is 42.9 Å². The summed E-state index contributed by atoms with van der Waals surface area (Å²) in [5, 5.41) is 15.5. The molecule has 0 saturated heterocycles. The maximum atomic E-state index is 5.71. The van der Waals surface area contributed by atoms with E-state index < -0.39 is 0 Å². The Bertz CT molecular complexity index is 813. The third kappa shape index (κ3) is 6.07. The number of nitrogens with one attached hydrogen (secondary N) is 2. The van der Waals surface area contributed by atoms with E-state index in [4.69, 9.17) is 4.74 Å². The van der Waals surface area contributed by atoms with Crippen molar-refractivity contribution < 1.29 is 4.74 Å². The van der Waals surface area contributed by atoms with Crippen LogP contribution in [0.2, 0.25) is 0 Å².